The molecule has 0 aliphatic carbocycles. The van der Waals surface area contributed by atoms with Gasteiger partial charge in [0.05, 0.1) is 46.2 Å². The van der Waals surface area contributed by atoms with Crippen LogP contribution >= 0.6 is 0 Å². The van der Waals surface area contributed by atoms with Crippen LogP contribution in [0.15, 0.2) is 0 Å². The zero-order valence-corrected chi connectivity index (χ0v) is 14.4. The van der Waals surface area contributed by atoms with Gasteiger partial charge in [-0.3, -0.25) is 0 Å². The number of pyridine rings is 1. The van der Waals surface area contributed by atoms with Crippen LogP contribution in [-0.2, 0) is 27.0 Å². The van der Waals surface area contributed by atoms with E-state index in [0.29, 0.717) is 0 Å². The van der Waals surface area contributed by atoms with Crippen molar-refractivity contribution in [2.75, 3.05) is 41.2 Å². The number of esters is 1. The molecule has 0 bridgehead atoms. The average Bonchev–Trinajstić information content (AvgIpc) is 2.56. The van der Waals surface area contributed by atoms with Crippen LogP contribution in [0.3, 0.4) is 0 Å². The third-order valence-electron chi connectivity index (χ3n) is 3.03. The number of aromatic nitrogens is 1. The number of nitrogens with zero attached hydrogens (tertiary/aromatic N) is 1. The SMILES string of the molecule is CCOC(=O)c1c(C(F)(F)F)nc(OC)c(COCCOC)c1OC. The van der Waals surface area contributed by atoms with E-state index in [1.54, 1.807) is 0 Å². The maximum absolute atomic E-state index is 13.3. The van der Waals surface area contributed by atoms with Gasteiger partial charge in [-0.15, -0.1) is 0 Å². The zero-order chi connectivity index (χ0) is 19.0. The number of alkyl halides is 3. The minimum atomic E-state index is -4.90. The molecule has 10 heteroatoms. The number of carbonyl (C=O) groups excluding carboxylic acids is 1. The van der Waals surface area contributed by atoms with Crippen LogP contribution in [0.25, 0.3) is 0 Å². The first-order valence-corrected chi connectivity index (χ1v) is 7.27. The van der Waals surface area contributed by atoms with Gasteiger partial charge in [-0.1, -0.05) is 0 Å². The van der Waals surface area contributed by atoms with Crippen LogP contribution < -0.4 is 9.47 Å². The molecule has 1 heterocycles. The third kappa shape index (κ3) is 5.20. The minimum absolute atomic E-state index is 0.0668. The van der Waals surface area contributed by atoms with Gasteiger partial charge in [0, 0.05) is 7.11 Å². The van der Waals surface area contributed by atoms with Crippen LogP contribution in [0, 0.1) is 0 Å². The maximum atomic E-state index is 13.3. The Bertz CT molecular complexity index is 592. The van der Waals surface area contributed by atoms with Crippen LogP contribution in [0.5, 0.6) is 11.6 Å². The lowest BCUT2D eigenvalue weighted by molar-refractivity contribution is -0.142. The molecule has 1 aromatic rings. The Morgan fingerprint density at radius 1 is 1.12 bits per heavy atom. The van der Waals surface area contributed by atoms with Gasteiger partial charge in [0.15, 0.2) is 5.69 Å². The summed E-state index contributed by atoms with van der Waals surface area (Å²) < 4.78 is 64.8. The second kappa shape index (κ2) is 9.42. The number of ether oxygens (including phenoxy) is 5. The van der Waals surface area contributed by atoms with E-state index < -0.39 is 23.4 Å². The lowest BCUT2D eigenvalue weighted by Gasteiger charge is -2.19. The van der Waals surface area contributed by atoms with Gasteiger partial charge in [-0.25, -0.2) is 9.78 Å². The standard InChI is InChI=1S/C15H20F3NO6/c1-5-25-14(20)10-11(22-3)9(8-24-7-6-21-2)13(23-4)19-12(10)15(16,17)18/h5-8H2,1-4H3. The van der Waals surface area contributed by atoms with Crippen LogP contribution in [0.1, 0.15) is 28.5 Å². The first-order valence-electron chi connectivity index (χ1n) is 7.27. The normalized spacial score (nSPS) is 11.3. The molecule has 142 valence electrons. The Kier molecular flexibility index (Phi) is 7.91. The average molecular weight is 367 g/mol. The largest absolute Gasteiger partial charge is 0.495 e. The summed E-state index contributed by atoms with van der Waals surface area (Å²) in [5.74, 6) is -1.90. The van der Waals surface area contributed by atoms with E-state index in [4.69, 9.17) is 23.7 Å². The van der Waals surface area contributed by atoms with Crippen LogP contribution in [-0.4, -0.2) is 52.1 Å². The molecule has 0 aliphatic rings. The second-order valence-corrected chi connectivity index (χ2v) is 4.62. The molecule has 1 aromatic heterocycles. The Labute approximate surface area is 143 Å². The molecule has 25 heavy (non-hydrogen) atoms. The lowest BCUT2D eigenvalue weighted by atomic mass is 10.1. The van der Waals surface area contributed by atoms with Crippen molar-refractivity contribution in [1.82, 2.24) is 4.98 Å². The van der Waals surface area contributed by atoms with Crippen LogP contribution in [0.4, 0.5) is 13.2 Å². The number of rotatable bonds is 9. The summed E-state index contributed by atoms with van der Waals surface area (Å²) in [6.07, 6.45) is -4.90. The van der Waals surface area contributed by atoms with E-state index in [9.17, 15) is 18.0 Å². The van der Waals surface area contributed by atoms with Gasteiger partial charge in [0.25, 0.3) is 0 Å². The van der Waals surface area contributed by atoms with Gasteiger partial charge in [0.1, 0.15) is 11.3 Å². The summed E-state index contributed by atoms with van der Waals surface area (Å²) in [6.45, 7) is 1.64. The van der Waals surface area contributed by atoms with Gasteiger partial charge in [-0.05, 0) is 6.92 Å². The van der Waals surface area contributed by atoms with Crippen LogP contribution in [0.2, 0.25) is 0 Å². The van der Waals surface area contributed by atoms with Crippen molar-refractivity contribution in [2.45, 2.75) is 19.7 Å². The summed E-state index contributed by atoms with van der Waals surface area (Å²) in [5.41, 5.74) is -2.19. The Hall–Kier alpha value is -2.07. The molecule has 1 rings (SSSR count). The van der Waals surface area contributed by atoms with Crippen molar-refractivity contribution in [2.24, 2.45) is 0 Å². The zero-order valence-electron chi connectivity index (χ0n) is 14.4. The Morgan fingerprint density at radius 3 is 2.28 bits per heavy atom. The lowest BCUT2D eigenvalue weighted by Crippen LogP contribution is -2.21. The first kappa shape index (κ1) is 21.0. The van der Waals surface area contributed by atoms with Gasteiger partial charge in [0.2, 0.25) is 5.88 Å². The number of hydrogen-bond acceptors (Lipinski definition) is 7. The van der Waals surface area contributed by atoms with Gasteiger partial charge >= 0.3 is 12.1 Å². The highest BCUT2D eigenvalue weighted by Crippen LogP contribution is 2.40. The molecule has 0 amide bonds. The summed E-state index contributed by atoms with van der Waals surface area (Å²) >= 11 is 0. The van der Waals surface area contributed by atoms with E-state index in [1.165, 1.54) is 14.0 Å². The Morgan fingerprint density at radius 2 is 1.80 bits per heavy atom. The molecular formula is C15H20F3NO6. The Balaban J connectivity index is 3.50. The first-order chi connectivity index (χ1) is 11.8. The molecule has 0 radical (unpaired) electrons. The highest BCUT2D eigenvalue weighted by molar-refractivity contribution is 5.94. The van der Waals surface area contributed by atoms with Crippen molar-refractivity contribution in [3.63, 3.8) is 0 Å². The van der Waals surface area contributed by atoms with E-state index >= 15 is 0 Å². The summed E-state index contributed by atoms with van der Waals surface area (Å²) in [6, 6.07) is 0. The topological polar surface area (TPSA) is 76.1 Å². The molecule has 0 aliphatic heterocycles. The fourth-order valence-corrected chi connectivity index (χ4v) is 2.02. The molecule has 0 saturated carbocycles. The monoisotopic (exact) mass is 367 g/mol. The highest BCUT2D eigenvalue weighted by Gasteiger charge is 2.42. The third-order valence-corrected chi connectivity index (χ3v) is 3.03. The summed E-state index contributed by atoms with van der Waals surface area (Å²) in [7, 11) is 3.77. The molecule has 0 N–H and O–H groups in total. The smallest absolute Gasteiger partial charge is 0.434 e. The molecule has 7 nitrogen and oxygen atoms in total. The van der Waals surface area contributed by atoms with E-state index in [-0.39, 0.29) is 43.6 Å². The predicted octanol–water partition coefficient (Wildman–Crippen LogP) is 2.46. The fourth-order valence-electron chi connectivity index (χ4n) is 2.02. The molecule has 0 spiro atoms. The van der Waals surface area contributed by atoms with Gasteiger partial charge < -0.3 is 23.7 Å². The molecule has 0 fully saturated rings. The fraction of sp³-hybridized carbons (Fsp3) is 0.600. The van der Waals surface area contributed by atoms with Crippen molar-refractivity contribution in [3.05, 3.63) is 16.8 Å². The molecular weight excluding hydrogens is 347 g/mol. The van der Waals surface area contributed by atoms with Crippen molar-refractivity contribution >= 4 is 5.97 Å². The maximum Gasteiger partial charge on any atom is 0.434 e. The number of methoxy groups -OCH3 is 3. The quantitative estimate of drug-likeness (QED) is 0.490. The van der Waals surface area contributed by atoms with E-state index in [0.717, 1.165) is 14.2 Å². The molecule has 0 aromatic carbocycles. The van der Waals surface area contributed by atoms with Crippen molar-refractivity contribution < 1.29 is 41.7 Å². The summed E-state index contributed by atoms with van der Waals surface area (Å²) in [4.78, 5) is 15.5. The molecule has 0 saturated heterocycles. The summed E-state index contributed by atoms with van der Waals surface area (Å²) in [5, 5.41) is 0. The number of carbonyl (C=O) groups is 1. The second-order valence-electron chi connectivity index (χ2n) is 4.62. The number of halogens is 3. The van der Waals surface area contributed by atoms with Crippen molar-refractivity contribution in [1.29, 1.82) is 0 Å². The van der Waals surface area contributed by atoms with E-state index in [1.807, 2.05) is 0 Å². The number of hydrogen-bond donors (Lipinski definition) is 0. The molecule has 0 unspecified atom stereocenters. The predicted molar refractivity (Wildman–Crippen MR) is 79.8 cm³/mol. The minimum Gasteiger partial charge on any atom is -0.495 e. The molecule has 0 atom stereocenters. The van der Waals surface area contributed by atoms with Crippen molar-refractivity contribution in [3.8, 4) is 11.6 Å². The van der Waals surface area contributed by atoms with E-state index in [2.05, 4.69) is 4.98 Å². The van der Waals surface area contributed by atoms with Gasteiger partial charge in [-0.2, -0.15) is 13.2 Å². The highest BCUT2D eigenvalue weighted by atomic mass is 19.4.